The second-order valence-electron chi connectivity index (χ2n) is 6.31. The average molecular weight is 294 g/mol. The van der Waals surface area contributed by atoms with Crippen LogP contribution in [-0.4, -0.2) is 13.7 Å². The highest BCUT2D eigenvalue weighted by Crippen LogP contribution is 2.48. The van der Waals surface area contributed by atoms with Crippen LogP contribution >= 0.6 is 11.6 Å². The van der Waals surface area contributed by atoms with E-state index in [1.807, 2.05) is 0 Å². The van der Waals surface area contributed by atoms with Crippen molar-refractivity contribution in [2.45, 2.75) is 56.8 Å². The van der Waals surface area contributed by atoms with Gasteiger partial charge in [-0.3, -0.25) is 0 Å². The molecule has 0 atom stereocenters. The summed E-state index contributed by atoms with van der Waals surface area (Å²) in [6.45, 7) is 0.693. The monoisotopic (exact) mass is 293 g/mol. The molecule has 2 N–H and O–H groups in total. The molecule has 2 aliphatic carbocycles. The van der Waals surface area contributed by atoms with Crippen LogP contribution in [0, 0.1) is 0 Å². The molecule has 1 aromatic rings. The van der Waals surface area contributed by atoms with Crippen LogP contribution in [0.2, 0.25) is 5.02 Å². The first kappa shape index (κ1) is 14.2. The highest BCUT2D eigenvalue weighted by molar-refractivity contribution is 6.33. The lowest BCUT2D eigenvalue weighted by molar-refractivity contribution is 0.287. The van der Waals surface area contributed by atoms with Gasteiger partial charge in [0.25, 0.3) is 0 Å². The number of nitrogens with two attached hydrogens (primary N) is 1. The number of ether oxygens (including phenoxy) is 1. The highest BCUT2D eigenvalue weighted by atomic mass is 35.5. The molecule has 1 fully saturated rings. The van der Waals surface area contributed by atoms with E-state index in [0.717, 1.165) is 36.5 Å². The van der Waals surface area contributed by atoms with Gasteiger partial charge in [-0.2, -0.15) is 0 Å². The number of hydrogen-bond donors (Lipinski definition) is 1. The van der Waals surface area contributed by atoms with Crippen LogP contribution in [0.4, 0.5) is 0 Å². The van der Waals surface area contributed by atoms with Gasteiger partial charge in [-0.05, 0) is 43.2 Å². The summed E-state index contributed by atoms with van der Waals surface area (Å²) in [5.74, 6) is 0.889. The zero-order valence-corrected chi connectivity index (χ0v) is 13.1. The Hall–Kier alpha value is -0.730. The summed E-state index contributed by atoms with van der Waals surface area (Å²) in [4.78, 5) is 0. The first-order valence-corrected chi connectivity index (χ1v) is 8.18. The summed E-state index contributed by atoms with van der Waals surface area (Å²) in [6.07, 6.45) is 9.60. The zero-order valence-electron chi connectivity index (χ0n) is 12.3. The van der Waals surface area contributed by atoms with E-state index >= 15 is 0 Å². The van der Waals surface area contributed by atoms with E-state index in [1.54, 1.807) is 7.11 Å². The molecule has 0 amide bonds. The van der Waals surface area contributed by atoms with Gasteiger partial charge in [0, 0.05) is 17.5 Å². The Morgan fingerprint density at radius 2 is 1.95 bits per heavy atom. The number of halogens is 1. The van der Waals surface area contributed by atoms with Crippen molar-refractivity contribution in [2.24, 2.45) is 5.73 Å². The Kier molecular flexibility index (Phi) is 3.96. The quantitative estimate of drug-likeness (QED) is 0.914. The topological polar surface area (TPSA) is 35.2 Å². The van der Waals surface area contributed by atoms with E-state index in [2.05, 4.69) is 6.07 Å². The average Bonchev–Trinajstić information content (AvgIpc) is 2.96. The van der Waals surface area contributed by atoms with Crippen molar-refractivity contribution in [1.29, 1.82) is 0 Å². The predicted octanol–water partition coefficient (Wildman–Crippen LogP) is 4.00. The van der Waals surface area contributed by atoms with Gasteiger partial charge in [-0.25, -0.2) is 0 Å². The van der Waals surface area contributed by atoms with Gasteiger partial charge >= 0.3 is 0 Å². The molecule has 0 spiro atoms. The van der Waals surface area contributed by atoms with Crippen LogP contribution in [0.5, 0.6) is 5.75 Å². The summed E-state index contributed by atoms with van der Waals surface area (Å²) < 4.78 is 5.69. The van der Waals surface area contributed by atoms with Crippen molar-refractivity contribution in [1.82, 2.24) is 0 Å². The second-order valence-corrected chi connectivity index (χ2v) is 6.69. The number of aryl methyl sites for hydroxylation is 1. The van der Waals surface area contributed by atoms with E-state index in [0.29, 0.717) is 6.54 Å². The van der Waals surface area contributed by atoms with Gasteiger partial charge in [0.1, 0.15) is 5.75 Å². The lowest BCUT2D eigenvalue weighted by Gasteiger charge is -2.38. The maximum atomic E-state index is 6.63. The van der Waals surface area contributed by atoms with Gasteiger partial charge in [0.05, 0.1) is 12.1 Å². The maximum Gasteiger partial charge on any atom is 0.141 e. The molecular weight excluding hydrogens is 270 g/mol. The molecule has 0 radical (unpaired) electrons. The number of benzene rings is 1. The fraction of sp³-hybridized carbons (Fsp3) is 0.647. The molecule has 0 unspecified atom stereocenters. The Morgan fingerprint density at radius 3 is 2.60 bits per heavy atom. The largest absolute Gasteiger partial charge is 0.495 e. The smallest absolute Gasteiger partial charge is 0.141 e. The van der Waals surface area contributed by atoms with Crippen LogP contribution in [0.3, 0.4) is 0 Å². The van der Waals surface area contributed by atoms with Gasteiger partial charge < -0.3 is 10.5 Å². The van der Waals surface area contributed by atoms with Gasteiger partial charge in [-0.15, -0.1) is 0 Å². The molecule has 2 nitrogen and oxygen atoms in total. The molecular formula is C17H24ClNO. The van der Waals surface area contributed by atoms with Crippen LogP contribution in [0.15, 0.2) is 6.07 Å². The number of fused-ring (bicyclic) bond motifs is 1. The van der Waals surface area contributed by atoms with Crippen LogP contribution < -0.4 is 10.5 Å². The van der Waals surface area contributed by atoms with Crippen molar-refractivity contribution in [3.05, 3.63) is 27.8 Å². The summed E-state index contributed by atoms with van der Waals surface area (Å²) in [7, 11) is 1.74. The minimum absolute atomic E-state index is 0.0743. The Morgan fingerprint density at radius 1 is 1.20 bits per heavy atom. The highest BCUT2D eigenvalue weighted by Gasteiger charge is 2.37. The third-order valence-corrected chi connectivity index (χ3v) is 5.66. The van der Waals surface area contributed by atoms with Crippen molar-refractivity contribution in [3.8, 4) is 5.75 Å². The molecule has 3 rings (SSSR count). The summed E-state index contributed by atoms with van der Waals surface area (Å²) in [5.41, 5.74) is 10.3. The molecule has 0 aliphatic heterocycles. The second kappa shape index (κ2) is 5.57. The Balaban J connectivity index is 2.14. The van der Waals surface area contributed by atoms with E-state index < -0.39 is 0 Å². The molecule has 0 heterocycles. The molecule has 0 saturated heterocycles. The minimum Gasteiger partial charge on any atom is -0.495 e. The van der Waals surface area contributed by atoms with Crippen molar-refractivity contribution >= 4 is 11.6 Å². The third kappa shape index (κ3) is 2.14. The lowest BCUT2D eigenvalue weighted by atomic mass is 9.68. The van der Waals surface area contributed by atoms with Crippen LogP contribution in [-0.2, 0) is 18.3 Å². The third-order valence-electron chi connectivity index (χ3n) is 5.26. The Bertz CT molecular complexity index is 506. The molecule has 110 valence electrons. The van der Waals surface area contributed by atoms with E-state index in [-0.39, 0.29) is 5.41 Å². The molecule has 1 aromatic carbocycles. The minimum atomic E-state index is 0.0743. The van der Waals surface area contributed by atoms with E-state index in [9.17, 15) is 0 Å². The summed E-state index contributed by atoms with van der Waals surface area (Å²) in [5, 5.41) is 0.843. The first-order chi connectivity index (χ1) is 9.72. The first-order valence-electron chi connectivity index (χ1n) is 7.80. The van der Waals surface area contributed by atoms with Crippen molar-refractivity contribution in [2.75, 3.05) is 13.7 Å². The zero-order chi connectivity index (χ0) is 14.2. The molecule has 1 saturated carbocycles. The maximum absolute atomic E-state index is 6.63. The molecule has 20 heavy (non-hydrogen) atoms. The van der Waals surface area contributed by atoms with Crippen molar-refractivity contribution < 1.29 is 4.74 Å². The predicted molar refractivity (Wildman–Crippen MR) is 83.8 cm³/mol. The van der Waals surface area contributed by atoms with E-state index in [1.165, 1.54) is 42.4 Å². The van der Waals surface area contributed by atoms with Crippen molar-refractivity contribution in [3.63, 3.8) is 0 Å². The molecule has 3 heteroatoms. The fourth-order valence-corrected chi connectivity index (χ4v) is 4.47. The van der Waals surface area contributed by atoms with E-state index in [4.69, 9.17) is 22.1 Å². The number of rotatable bonds is 3. The molecule has 0 bridgehead atoms. The van der Waals surface area contributed by atoms with Crippen LogP contribution in [0.1, 0.15) is 55.2 Å². The normalized spacial score (nSPS) is 20.8. The fourth-order valence-electron chi connectivity index (χ4n) is 4.08. The lowest BCUT2D eigenvalue weighted by Crippen LogP contribution is -2.37. The number of methoxy groups -OCH3 is 1. The SMILES string of the molecule is COc1c(C2(CN)CCCCC2)cc2c(c1Cl)CCC2. The number of hydrogen-bond acceptors (Lipinski definition) is 2. The van der Waals surface area contributed by atoms with Gasteiger partial charge in [0.15, 0.2) is 0 Å². The summed E-state index contributed by atoms with van der Waals surface area (Å²) >= 11 is 6.63. The molecule has 0 aromatic heterocycles. The van der Waals surface area contributed by atoms with Gasteiger partial charge in [0.2, 0.25) is 0 Å². The van der Waals surface area contributed by atoms with Crippen LogP contribution in [0.25, 0.3) is 0 Å². The standard InChI is InChI=1S/C17H24ClNO/c1-20-16-14(17(11-19)8-3-2-4-9-17)10-12-6-5-7-13(12)15(16)18/h10H,2-9,11,19H2,1H3. The molecule has 2 aliphatic rings. The summed E-state index contributed by atoms with van der Waals surface area (Å²) in [6, 6.07) is 2.35. The Labute approximate surface area is 126 Å². The van der Waals surface area contributed by atoms with Gasteiger partial charge in [-0.1, -0.05) is 36.9 Å².